The molecule has 0 saturated heterocycles. The lowest BCUT2D eigenvalue weighted by Gasteiger charge is -2.09. The van der Waals surface area contributed by atoms with E-state index in [0.717, 1.165) is 0 Å². The van der Waals surface area contributed by atoms with Crippen molar-refractivity contribution < 1.29 is 13.2 Å². The first-order chi connectivity index (χ1) is 9.79. The highest BCUT2D eigenvalue weighted by Crippen LogP contribution is 2.19. The Kier molecular flexibility index (Phi) is 4.29. The van der Waals surface area contributed by atoms with Crippen LogP contribution in [0.1, 0.15) is 15.9 Å². The zero-order valence-electron chi connectivity index (χ0n) is 11.0. The van der Waals surface area contributed by atoms with E-state index in [4.69, 9.17) is 5.73 Å². The third kappa shape index (κ3) is 3.59. The van der Waals surface area contributed by atoms with E-state index in [0.29, 0.717) is 10.2 Å². The number of rotatable bonds is 4. The van der Waals surface area contributed by atoms with E-state index in [9.17, 15) is 13.2 Å². The smallest absolute Gasteiger partial charge is 0.263 e. The molecule has 2 aromatic rings. The molecule has 0 aliphatic rings. The maximum Gasteiger partial charge on any atom is 0.263 e. The number of anilines is 1. The van der Waals surface area contributed by atoms with Crippen LogP contribution in [-0.2, 0) is 10.0 Å². The van der Waals surface area contributed by atoms with Crippen molar-refractivity contribution in [3.8, 4) is 0 Å². The van der Waals surface area contributed by atoms with Crippen LogP contribution in [0.2, 0.25) is 0 Å². The lowest BCUT2D eigenvalue weighted by molar-refractivity contribution is 0.0999. The lowest BCUT2D eigenvalue weighted by Crippen LogP contribution is -2.17. The Morgan fingerprint density at radius 3 is 2.62 bits per heavy atom. The number of hydrogen-bond donors (Lipinski definition) is 2. The molecule has 0 atom stereocenters. The number of carbonyl (C=O) groups excluding carboxylic acids is 1. The second kappa shape index (κ2) is 5.82. The number of halogens is 1. The summed E-state index contributed by atoms with van der Waals surface area (Å²) in [5.41, 5.74) is 6.01. The second-order valence-corrected chi connectivity index (χ2v) is 6.79. The van der Waals surface area contributed by atoms with Gasteiger partial charge in [-0.2, -0.15) is 0 Å². The molecule has 21 heavy (non-hydrogen) atoms. The van der Waals surface area contributed by atoms with Crippen molar-refractivity contribution in [2.45, 2.75) is 11.8 Å². The zero-order chi connectivity index (χ0) is 15.6. The number of benzene rings is 1. The highest BCUT2D eigenvalue weighted by molar-refractivity contribution is 9.10. The Morgan fingerprint density at radius 2 is 2.00 bits per heavy atom. The number of amides is 1. The number of sulfonamides is 1. The molecular weight excluding hydrogens is 358 g/mol. The third-order valence-electron chi connectivity index (χ3n) is 2.74. The molecule has 0 radical (unpaired) electrons. The van der Waals surface area contributed by atoms with Gasteiger partial charge in [0.05, 0.1) is 4.90 Å². The van der Waals surface area contributed by atoms with Crippen LogP contribution >= 0.6 is 15.9 Å². The molecule has 0 saturated carbocycles. The summed E-state index contributed by atoms with van der Waals surface area (Å²) in [4.78, 5) is 15.2. The first-order valence-corrected chi connectivity index (χ1v) is 8.13. The minimum absolute atomic E-state index is 0.0522. The molecule has 1 heterocycles. The molecule has 0 spiro atoms. The van der Waals surface area contributed by atoms with Gasteiger partial charge < -0.3 is 5.73 Å². The molecule has 3 N–H and O–H groups in total. The summed E-state index contributed by atoms with van der Waals surface area (Å²) in [6, 6.07) is 9.03. The first kappa shape index (κ1) is 15.5. The Hall–Kier alpha value is -1.93. The van der Waals surface area contributed by atoms with Crippen molar-refractivity contribution in [2.24, 2.45) is 5.73 Å². The topological polar surface area (TPSA) is 102 Å². The fourth-order valence-electron chi connectivity index (χ4n) is 1.70. The average Bonchev–Trinajstić information content (AvgIpc) is 2.38. The van der Waals surface area contributed by atoms with Crippen LogP contribution in [0.4, 0.5) is 5.82 Å². The van der Waals surface area contributed by atoms with E-state index in [1.54, 1.807) is 19.1 Å². The Labute approximate surface area is 130 Å². The maximum absolute atomic E-state index is 12.3. The number of nitrogens with one attached hydrogen (secondary N) is 1. The van der Waals surface area contributed by atoms with E-state index < -0.39 is 15.9 Å². The highest BCUT2D eigenvalue weighted by atomic mass is 79.9. The van der Waals surface area contributed by atoms with Gasteiger partial charge in [0, 0.05) is 5.56 Å². The molecule has 0 bridgehead atoms. The number of nitrogens with two attached hydrogens (primary N) is 1. The number of primary amides is 1. The molecule has 2 rings (SSSR count). The van der Waals surface area contributed by atoms with Crippen LogP contribution in [0.15, 0.2) is 45.9 Å². The maximum atomic E-state index is 12.3. The monoisotopic (exact) mass is 369 g/mol. The van der Waals surface area contributed by atoms with Gasteiger partial charge in [-0.1, -0.05) is 12.1 Å². The summed E-state index contributed by atoms with van der Waals surface area (Å²) in [5.74, 6) is -0.504. The van der Waals surface area contributed by atoms with Crippen LogP contribution in [0, 0.1) is 6.92 Å². The van der Waals surface area contributed by atoms with E-state index >= 15 is 0 Å². The molecule has 1 aromatic carbocycles. The van der Waals surface area contributed by atoms with Crippen LogP contribution < -0.4 is 10.5 Å². The summed E-state index contributed by atoms with van der Waals surface area (Å²) >= 11 is 3.16. The third-order valence-corrected chi connectivity index (χ3v) is 4.53. The number of aryl methyl sites for hydroxylation is 1. The number of carbonyl (C=O) groups is 1. The number of nitrogens with zero attached hydrogens (tertiary/aromatic N) is 1. The van der Waals surface area contributed by atoms with Gasteiger partial charge in [-0.05, 0) is 52.7 Å². The van der Waals surface area contributed by atoms with Crippen LogP contribution in [0.5, 0.6) is 0 Å². The molecule has 0 unspecified atom stereocenters. The Morgan fingerprint density at radius 1 is 1.29 bits per heavy atom. The van der Waals surface area contributed by atoms with Crippen molar-refractivity contribution >= 4 is 37.7 Å². The van der Waals surface area contributed by atoms with Crippen molar-refractivity contribution in [3.05, 3.63) is 52.1 Å². The summed E-state index contributed by atoms with van der Waals surface area (Å²) < 4.78 is 27.4. The summed E-state index contributed by atoms with van der Waals surface area (Å²) in [7, 11) is -3.84. The van der Waals surface area contributed by atoms with Crippen LogP contribution in [0.3, 0.4) is 0 Å². The molecule has 1 aromatic heterocycles. The molecular formula is C13H12BrN3O3S. The molecule has 110 valence electrons. The highest BCUT2D eigenvalue weighted by Gasteiger charge is 2.17. The minimum Gasteiger partial charge on any atom is -0.366 e. The number of aromatic nitrogens is 1. The fourth-order valence-corrected chi connectivity index (χ4v) is 3.07. The van der Waals surface area contributed by atoms with Gasteiger partial charge in [0.2, 0.25) is 5.91 Å². The van der Waals surface area contributed by atoms with Gasteiger partial charge in [0.25, 0.3) is 10.0 Å². The average molecular weight is 370 g/mol. The Bertz CT molecular complexity index is 806. The van der Waals surface area contributed by atoms with Crippen molar-refractivity contribution in [2.75, 3.05) is 4.72 Å². The van der Waals surface area contributed by atoms with Crippen molar-refractivity contribution in [3.63, 3.8) is 0 Å². The minimum atomic E-state index is -3.84. The number of hydrogen-bond acceptors (Lipinski definition) is 4. The first-order valence-electron chi connectivity index (χ1n) is 5.85. The quantitative estimate of drug-likeness (QED) is 0.804. The predicted molar refractivity (Wildman–Crippen MR) is 82.4 cm³/mol. The van der Waals surface area contributed by atoms with E-state index in [1.807, 2.05) is 0 Å². The normalized spacial score (nSPS) is 11.1. The second-order valence-electron chi connectivity index (χ2n) is 4.29. The SMILES string of the molecule is Cc1ccc(S(=O)(=O)Nc2cccc(Br)n2)cc1C(N)=O. The molecule has 0 aliphatic heterocycles. The van der Waals surface area contributed by atoms with Gasteiger partial charge >= 0.3 is 0 Å². The zero-order valence-corrected chi connectivity index (χ0v) is 13.4. The van der Waals surface area contributed by atoms with Gasteiger partial charge in [0.15, 0.2) is 0 Å². The molecule has 0 aliphatic carbocycles. The summed E-state index contributed by atoms with van der Waals surface area (Å²) in [6.45, 7) is 1.68. The van der Waals surface area contributed by atoms with E-state index in [2.05, 4.69) is 25.6 Å². The van der Waals surface area contributed by atoms with Crippen molar-refractivity contribution in [1.82, 2.24) is 4.98 Å². The van der Waals surface area contributed by atoms with Gasteiger partial charge in [-0.3, -0.25) is 9.52 Å². The fraction of sp³-hybridized carbons (Fsp3) is 0.0769. The van der Waals surface area contributed by atoms with Gasteiger partial charge in [0.1, 0.15) is 10.4 Å². The predicted octanol–water partition coefficient (Wildman–Crippen LogP) is 2.05. The summed E-state index contributed by atoms with van der Waals surface area (Å²) in [5, 5.41) is 0. The van der Waals surface area contributed by atoms with Crippen LogP contribution in [-0.4, -0.2) is 19.3 Å². The molecule has 0 fully saturated rings. The number of pyridine rings is 1. The van der Waals surface area contributed by atoms with Crippen molar-refractivity contribution in [1.29, 1.82) is 0 Å². The van der Waals surface area contributed by atoms with E-state index in [1.165, 1.54) is 24.3 Å². The Balaban J connectivity index is 2.40. The standard InChI is InChI=1S/C13H12BrN3O3S/c1-8-5-6-9(7-10(8)13(15)18)21(19,20)17-12-4-2-3-11(14)16-12/h2-7H,1H3,(H2,15,18)(H,16,17). The van der Waals surface area contributed by atoms with Gasteiger partial charge in [-0.15, -0.1) is 0 Å². The lowest BCUT2D eigenvalue weighted by atomic mass is 10.1. The van der Waals surface area contributed by atoms with Crippen LogP contribution in [0.25, 0.3) is 0 Å². The molecule has 1 amide bonds. The largest absolute Gasteiger partial charge is 0.366 e. The van der Waals surface area contributed by atoms with Gasteiger partial charge in [-0.25, -0.2) is 13.4 Å². The molecule has 8 heteroatoms. The molecule has 6 nitrogen and oxygen atoms in total. The summed E-state index contributed by atoms with van der Waals surface area (Å²) in [6.07, 6.45) is 0. The van der Waals surface area contributed by atoms with E-state index in [-0.39, 0.29) is 16.3 Å².